The fourth-order valence-electron chi connectivity index (χ4n) is 3.23. The third-order valence-electron chi connectivity index (χ3n) is 4.14. The van der Waals surface area contributed by atoms with Gasteiger partial charge in [-0.25, -0.2) is 0 Å². The lowest BCUT2D eigenvalue weighted by Crippen LogP contribution is -2.53. The maximum atomic E-state index is 10.6. The maximum Gasteiger partial charge on any atom is 0.0869 e. The van der Waals surface area contributed by atoms with E-state index in [0.29, 0.717) is 31.3 Å². The van der Waals surface area contributed by atoms with Crippen LogP contribution < -0.4 is 5.32 Å². The second-order valence-corrected chi connectivity index (χ2v) is 6.69. The van der Waals surface area contributed by atoms with Gasteiger partial charge in [-0.2, -0.15) is 0 Å². The molecule has 2 rings (SSSR count). The van der Waals surface area contributed by atoms with Crippen LogP contribution >= 0.6 is 0 Å². The molecule has 3 unspecified atom stereocenters. The molecule has 2 N–H and O–H groups in total. The minimum atomic E-state index is -0.692. The molecule has 2 aliphatic heterocycles. The lowest BCUT2D eigenvalue weighted by Gasteiger charge is -2.37. The number of rotatable bonds is 5. The Morgan fingerprint density at radius 2 is 1.80 bits per heavy atom. The van der Waals surface area contributed by atoms with Crippen LogP contribution in [-0.4, -0.2) is 73.3 Å². The van der Waals surface area contributed by atoms with Gasteiger partial charge in [0, 0.05) is 32.2 Å². The van der Waals surface area contributed by atoms with Crippen LogP contribution in [0.1, 0.15) is 33.6 Å². The van der Waals surface area contributed by atoms with Crippen LogP contribution in [0, 0.1) is 0 Å². The van der Waals surface area contributed by atoms with E-state index in [1.807, 2.05) is 6.92 Å². The predicted octanol–water partition coefficient (Wildman–Crippen LogP) is 0.615. The first kappa shape index (κ1) is 16.2. The van der Waals surface area contributed by atoms with E-state index in [4.69, 9.17) is 9.47 Å². The summed E-state index contributed by atoms with van der Waals surface area (Å²) in [6.07, 6.45) is 2.66. The predicted molar refractivity (Wildman–Crippen MR) is 78.9 cm³/mol. The number of aliphatic hydroxyl groups is 1. The average molecular weight is 286 g/mol. The van der Waals surface area contributed by atoms with E-state index in [0.717, 1.165) is 39.1 Å². The Hall–Kier alpha value is -0.200. The van der Waals surface area contributed by atoms with Crippen molar-refractivity contribution in [1.82, 2.24) is 10.2 Å². The number of nitrogens with one attached hydrogen (secondary N) is 1. The first-order valence-corrected chi connectivity index (χ1v) is 7.86. The van der Waals surface area contributed by atoms with Gasteiger partial charge in [0.1, 0.15) is 0 Å². The highest BCUT2D eigenvalue weighted by atomic mass is 16.5. The van der Waals surface area contributed by atoms with E-state index in [1.165, 1.54) is 0 Å². The molecule has 0 aromatic carbocycles. The summed E-state index contributed by atoms with van der Waals surface area (Å²) in [7, 11) is 0. The van der Waals surface area contributed by atoms with Crippen LogP contribution in [0.2, 0.25) is 0 Å². The SMILES string of the molecule is CC1CC(NCC(C)(O)CN2CCOCC2)CC(C)O1. The van der Waals surface area contributed by atoms with E-state index < -0.39 is 5.60 Å². The second kappa shape index (κ2) is 7.18. The summed E-state index contributed by atoms with van der Waals surface area (Å²) >= 11 is 0. The highest BCUT2D eigenvalue weighted by molar-refractivity contribution is 4.85. The number of nitrogens with zero attached hydrogens (tertiary/aromatic N) is 1. The van der Waals surface area contributed by atoms with Crippen molar-refractivity contribution < 1.29 is 14.6 Å². The zero-order chi connectivity index (χ0) is 14.6. The topological polar surface area (TPSA) is 54.0 Å². The molecule has 0 saturated carbocycles. The summed E-state index contributed by atoms with van der Waals surface area (Å²) < 4.78 is 11.1. The molecule has 3 atom stereocenters. The summed E-state index contributed by atoms with van der Waals surface area (Å²) in [5.74, 6) is 0. The minimum absolute atomic E-state index is 0.306. The Balaban J connectivity index is 1.73. The number of hydrogen-bond acceptors (Lipinski definition) is 5. The number of morpholine rings is 1. The molecule has 5 heteroatoms. The molecule has 2 fully saturated rings. The summed E-state index contributed by atoms with van der Waals surface area (Å²) in [4.78, 5) is 2.28. The summed E-state index contributed by atoms with van der Waals surface area (Å²) in [6, 6.07) is 0.449. The Morgan fingerprint density at radius 1 is 1.20 bits per heavy atom. The Morgan fingerprint density at radius 3 is 2.40 bits per heavy atom. The third-order valence-corrected chi connectivity index (χ3v) is 4.14. The molecule has 0 spiro atoms. The van der Waals surface area contributed by atoms with Gasteiger partial charge in [0.15, 0.2) is 0 Å². The smallest absolute Gasteiger partial charge is 0.0869 e. The molecule has 5 nitrogen and oxygen atoms in total. The first-order valence-electron chi connectivity index (χ1n) is 7.86. The lowest BCUT2D eigenvalue weighted by atomic mass is 9.98. The van der Waals surface area contributed by atoms with Crippen LogP contribution in [-0.2, 0) is 9.47 Å². The zero-order valence-corrected chi connectivity index (χ0v) is 13.1. The number of hydrogen-bond donors (Lipinski definition) is 2. The van der Waals surface area contributed by atoms with Crippen molar-refractivity contribution in [3.63, 3.8) is 0 Å². The molecular weight excluding hydrogens is 256 g/mol. The summed E-state index contributed by atoms with van der Waals surface area (Å²) in [6.45, 7) is 10.9. The molecule has 2 saturated heterocycles. The highest BCUT2D eigenvalue weighted by Crippen LogP contribution is 2.19. The van der Waals surface area contributed by atoms with Gasteiger partial charge in [0.25, 0.3) is 0 Å². The Kier molecular flexibility index (Phi) is 5.81. The average Bonchev–Trinajstić information content (AvgIpc) is 2.36. The molecule has 0 bridgehead atoms. The monoisotopic (exact) mass is 286 g/mol. The van der Waals surface area contributed by atoms with E-state index in [-0.39, 0.29) is 0 Å². The normalized spacial score (nSPS) is 35.7. The van der Waals surface area contributed by atoms with E-state index >= 15 is 0 Å². The molecule has 0 aromatic heterocycles. The van der Waals surface area contributed by atoms with Crippen LogP contribution in [0.4, 0.5) is 0 Å². The van der Waals surface area contributed by atoms with Gasteiger partial charge in [0.05, 0.1) is 31.0 Å². The van der Waals surface area contributed by atoms with Crippen LogP contribution in [0.15, 0.2) is 0 Å². The lowest BCUT2D eigenvalue weighted by molar-refractivity contribution is -0.0509. The minimum Gasteiger partial charge on any atom is -0.388 e. The fraction of sp³-hybridized carbons (Fsp3) is 1.00. The number of ether oxygens (including phenoxy) is 2. The van der Waals surface area contributed by atoms with Crippen molar-refractivity contribution in [2.45, 2.75) is 57.5 Å². The maximum absolute atomic E-state index is 10.6. The molecular formula is C15H30N2O3. The van der Waals surface area contributed by atoms with Crippen molar-refractivity contribution in [1.29, 1.82) is 0 Å². The standard InChI is InChI=1S/C15H30N2O3/c1-12-8-14(9-13(2)20-12)16-10-15(3,18)11-17-4-6-19-7-5-17/h12-14,16,18H,4-11H2,1-3H3. The van der Waals surface area contributed by atoms with E-state index in [2.05, 4.69) is 24.1 Å². The molecule has 0 aromatic rings. The van der Waals surface area contributed by atoms with Gasteiger partial charge < -0.3 is 19.9 Å². The van der Waals surface area contributed by atoms with Gasteiger partial charge >= 0.3 is 0 Å². The largest absolute Gasteiger partial charge is 0.388 e. The van der Waals surface area contributed by atoms with Gasteiger partial charge in [-0.1, -0.05) is 0 Å². The van der Waals surface area contributed by atoms with Crippen LogP contribution in [0.3, 0.4) is 0 Å². The van der Waals surface area contributed by atoms with Crippen LogP contribution in [0.25, 0.3) is 0 Å². The summed E-state index contributed by atoms with van der Waals surface area (Å²) in [5.41, 5.74) is -0.692. The fourth-order valence-corrected chi connectivity index (χ4v) is 3.23. The quantitative estimate of drug-likeness (QED) is 0.776. The molecule has 118 valence electrons. The van der Waals surface area contributed by atoms with Crippen molar-refractivity contribution >= 4 is 0 Å². The molecule has 2 aliphatic rings. The first-order chi connectivity index (χ1) is 9.44. The van der Waals surface area contributed by atoms with Crippen molar-refractivity contribution in [3.05, 3.63) is 0 Å². The second-order valence-electron chi connectivity index (χ2n) is 6.69. The van der Waals surface area contributed by atoms with Crippen molar-refractivity contribution in [2.75, 3.05) is 39.4 Å². The van der Waals surface area contributed by atoms with Gasteiger partial charge in [-0.15, -0.1) is 0 Å². The molecule has 0 radical (unpaired) electrons. The molecule has 0 amide bonds. The third kappa shape index (κ3) is 5.30. The van der Waals surface area contributed by atoms with Gasteiger partial charge in [-0.3, -0.25) is 4.90 Å². The Labute approximate surface area is 122 Å². The molecule has 0 aliphatic carbocycles. The van der Waals surface area contributed by atoms with Crippen molar-refractivity contribution in [2.24, 2.45) is 0 Å². The van der Waals surface area contributed by atoms with Gasteiger partial charge in [-0.05, 0) is 33.6 Å². The van der Waals surface area contributed by atoms with E-state index in [9.17, 15) is 5.11 Å². The zero-order valence-electron chi connectivity index (χ0n) is 13.1. The molecule has 2 heterocycles. The van der Waals surface area contributed by atoms with Crippen LogP contribution in [0.5, 0.6) is 0 Å². The number of β-amino-alcohol motifs (C(OH)–C–C–N with tert-alkyl or cyclic N) is 1. The van der Waals surface area contributed by atoms with E-state index in [1.54, 1.807) is 0 Å². The Bertz CT molecular complexity index is 283. The highest BCUT2D eigenvalue weighted by Gasteiger charge is 2.29. The molecule has 20 heavy (non-hydrogen) atoms. The van der Waals surface area contributed by atoms with Gasteiger partial charge in [0.2, 0.25) is 0 Å². The van der Waals surface area contributed by atoms with Crippen molar-refractivity contribution in [3.8, 4) is 0 Å². The summed E-state index contributed by atoms with van der Waals surface area (Å²) in [5, 5.41) is 14.1.